The van der Waals surface area contributed by atoms with Gasteiger partial charge in [0.1, 0.15) is 0 Å². The van der Waals surface area contributed by atoms with E-state index >= 15 is 0 Å². The van der Waals surface area contributed by atoms with Crippen LogP contribution in [-0.2, 0) is 7.05 Å². The highest BCUT2D eigenvalue weighted by Gasteiger charge is 2.14. The summed E-state index contributed by atoms with van der Waals surface area (Å²) in [6, 6.07) is 7.23. The van der Waals surface area contributed by atoms with Gasteiger partial charge in [0.15, 0.2) is 0 Å². The number of nitrogens with one attached hydrogen (secondary N) is 1. The number of H-pyrrole nitrogens is 1. The highest BCUT2D eigenvalue weighted by molar-refractivity contribution is 5.83. The molecule has 3 heterocycles. The van der Waals surface area contributed by atoms with Gasteiger partial charge in [0.2, 0.25) is 5.56 Å². The van der Waals surface area contributed by atoms with Crippen LogP contribution in [0.1, 0.15) is 18.7 Å². The Balaban J connectivity index is 2.34. The van der Waals surface area contributed by atoms with E-state index in [0.29, 0.717) is 0 Å². The monoisotopic (exact) mass is 268 g/mol. The predicted molar refractivity (Wildman–Crippen MR) is 79.4 cm³/mol. The fourth-order valence-corrected chi connectivity index (χ4v) is 2.39. The topological polar surface area (TPSA) is 76.7 Å². The number of aryl methyl sites for hydroxylation is 1. The molecule has 0 aliphatic rings. The van der Waals surface area contributed by atoms with E-state index in [1.165, 1.54) is 0 Å². The van der Waals surface area contributed by atoms with E-state index in [0.717, 1.165) is 27.9 Å². The molecule has 0 amide bonds. The van der Waals surface area contributed by atoms with Crippen molar-refractivity contribution in [3.63, 3.8) is 0 Å². The number of fused-ring (bicyclic) bond motifs is 1. The van der Waals surface area contributed by atoms with Gasteiger partial charge < -0.3 is 15.3 Å². The second kappa shape index (κ2) is 4.61. The first-order chi connectivity index (χ1) is 9.56. The number of hydrogen-bond donors (Lipinski definition) is 2. The minimum absolute atomic E-state index is 0.134. The molecule has 1 atom stereocenters. The highest BCUT2D eigenvalue weighted by atomic mass is 16.1. The van der Waals surface area contributed by atoms with Gasteiger partial charge in [0.05, 0.1) is 16.7 Å². The predicted octanol–water partition coefficient (Wildman–Crippen LogP) is 1.95. The summed E-state index contributed by atoms with van der Waals surface area (Å²) in [6.45, 7) is 1.90. The molecule has 5 heteroatoms. The van der Waals surface area contributed by atoms with E-state index in [1.807, 2.05) is 42.9 Å². The van der Waals surface area contributed by atoms with Crippen molar-refractivity contribution < 1.29 is 0 Å². The molecule has 3 aromatic heterocycles. The fourth-order valence-electron chi connectivity index (χ4n) is 2.39. The van der Waals surface area contributed by atoms with Crippen LogP contribution in [-0.4, -0.2) is 14.5 Å². The third kappa shape index (κ3) is 2.02. The maximum atomic E-state index is 11.5. The Labute approximate surface area is 116 Å². The van der Waals surface area contributed by atoms with E-state index < -0.39 is 0 Å². The largest absolute Gasteiger partial charge is 0.349 e. The van der Waals surface area contributed by atoms with Crippen LogP contribution in [0.15, 0.2) is 41.5 Å². The lowest BCUT2D eigenvalue weighted by Crippen LogP contribution is -2.10. The van der Waals surface area contributed by atoms with E-state index in [-0.39, 0.29) is 11.6 Å². The van der Waals surface area contributed by atoms with Crippen LogP contribution in [0.3, 0.4) is 0 Å². The number of rotatable bonds is 2. The van der Waals surface area contributed by atoms with Crippen molar-refractivity contribution in [1.29, 1.82) is 0 Å². The van der Waals surface area contributed by atoms with E-state index in [9.17, 15) is 4.79 Å². The molecule has 0 bridgehead atoms. The number of aromatic amines is 1. The molecule has 0 radical (unpaired) electrons. The van der Waals surface area contributed by atoms with Crippen LogP contribution in [0, 0.1) is 0 Å². The maximum absolute atomic E-state index is 11.5. The van der Waals surface area contributed by atoms with Gasteiger partial charge in [-0.1, -0.05) is 0 Å². The normalized spacial score (nSPS) is 12.8. The number of nitrogens with two attached hydrogens (primary N) is 1. The Kier molecular flexibility index (Phi) is 2.91. The molecule has 0 saturated carbocycles. The first-order valence-corrected chi connectivity index (χ1v) is 6.47. The minimum atomic E-state index is -0.200. The summed E-state index contributed by atoms with van der Waals surface area (Å²) in [5.41, 5.74) is 10.4. The Morgan fingerprint density at radius 1 is 1.35 bits per heavy atom. The van der Waals surface area contributed by atoms with Gasteiger partial charge in [-0.15, -0.1) is 0 Å². The maximum Gasteiger partial charge on any atom is 0.248 e. The molecule has 0 aromatic carbocycles. The van der Waals surface area contributed by atoms with E-state index in [1.54, 1.807) is 12.3 Å². The third-order valence-electron chi connectivity index (χ3n) is 3.41. The van der Waals surface area contributed by atoms with Gasteiger partial charge in [-0.2, -0.15) is 0 Å². The van der Waals surface area contributed by atoms with Crippen molar-refractivity contribution in [3.05, 3.63) is 52.7 Å². The Bertz CT molecular complexity index is 829. The van der Waals surface area contributed by atoms with Crippen molar-refractivity contribution in [3.8, 4) is 11.1 Å². The van der Waals surface area contributed by atoms with Gasteiger partial charge in [0.25, 0.3) is 0 Å². The van der Waals surface area contributed by atoms with Crippen molar-refractivity contribution in [2.24, 2.45) is 12.8 Å². The molecule has 5 nitrogen and oxygen atoms in total. The van der Waals surface area contributed by atoms with Crippen molar-refractivity contribution in [2.45, 2.75) is 13.0 Å². The van der Waals surface area contributed by atoms with Gasteiger partial charge in [0, 0.05) is 37.1 Å². The molecule has 0 unspecified atom stereocenters. The Morgan fingerprint density at radius 3 is 2.85 bits per heavy atom. The Morgan fingerprint density at radius 2 is 2.15 bits per heavy atom. The zero-order chi connectivity index (χ0) is 14.3. The molecule has 0 fully saturated rings. The molecule has 3 N–H and O–H groups in total. The summed E-state index contributed by atoms with van der Waals surface area (Å²) in [7, 11) is 1.97. The van der Waals surface area contributed by atoms with Crippen molar-refractivity contribution >= 4 is 11.0 Å². The number of nitrogens with zero attached hydrogens (tertiary/aromatic N) is 2. The summed E-state index contributed by atoms with van der Waals surface area (Å²) in [4.78, 5) is 18.8. The Hall–Kier alpha value is -2.40. The summed E-state index contributed by atoms with van der Waals surface area (Å²) < 4.78 is 2.00. The van der Waals surface area contributed by atoms with Gasteiger partial charge in [-0.25, -0.2) is 4.98 Å². The summed E-state index contributed by atoms with van der Waals surface area (Å²) in [5, 5.41) is 0. The molecule has 0 spiro atoms. The quantitative estimate of drug-likeness (QED) is 0.745. The van der Waals surface area contributed by atoms with Crippen molar-refractivity contribution in [1.82, 2.24) is 14.5 Å². The van der Waals surface area contributed by atoms with Crippen LogP contribution >= 0.6 is 0 Å². The fraction of sp³-hybridized carbons (Fsp3) is 0.200. The van der Waals surface area contributed by atoms with Gasteiger partial charge in [-0.05, 0) is 30.7 Å². The molecular formula is C15H16N4O. The molecule has 3 aromatic rings. The van der Waals surface area contributed by atoms with Crippen LogP contribution < -0.4 is 11.3 Å². The zero-order valence-electron chi connectivity index (χ0n) is 11.4. The van der Waals surface area contributed by atoms with Crippen LogP contribution in [0.5, 0.6) is 0 Å². The molecule has 0 aliphatic carbocycles. The first-order valence-electron chi connectivity index (χ1n) is 6.47. The standard InChI is InChI=1S/C15H16N4O/c1-9(16)15-11(10-3-5-17-14(20)7-10)8-13-12(18-15)4-6-19(13)2/h3-9H,16H2,1-2H3,(H,17,20)/t9-/m0/s1. The van der Waals surface area contributed by atoms with Crippen molar-refractivity contribution in [2.75, 3.05) is 0 Å². The first kappa shape index (κ1) is 12.6. The van der Waals surface area contributed by atoms with Gasteiger partial charge >= 0.3 is 0 Å². The molecule has 0 aliphatic heterocycles. The average Bonchev–Trinajstić information content (AvgIpc) is 2.78. The lowest BCUT2D eigenvalue weighted by Gasteiger charge is -2.12. The number of aromatic nitrogens is 3. The minimum Gasteiger partial charge on any atom is -0.349 e. The summed E-state index contributed by atoms with van der Waals surface area (Å²) in [5.74, 6) is 0. The smallest absolute Gasteiger partial charge is 0.248 e. The molecular weight excluding hydrogens is 252 g/mol. The number of pyridine rings is 2. The van der Waals surface area contributed by atoms with Crippen LogP contribution in [0.2, 0.25) is 0 Å². The second-order valence-corrected chi connectivity index (χ2v) is 4.98. The molecule has 3 rings (SSSR count). The van der Waals surface area contributed by atoms with E-state index in [2.05, 4.69) is 9.97 Å². The van der Waals surface area contributed by atoms with Gasteiger partial charge in [-0.3, -0.25) is 4.79 Å². The number of hydrogen-bond acceptors (Lipinski definition) is 3. The lowest BCUT2D eigenvalue weighted by molar-refractivity contribution is 0.789. The molecule has 0 saturated heterocycles. The van der Waals surface area contributed by atoms with Crippen LogP contribution in [0.4, 0.5) is 0 Å². The third-order valence-corrected chi connectivity index (χ3v) is 3.41. The van der Waals surface area contributed by atoms with Crippen LogP contribution in [0.25, 0.3) is 22.2 Å². The lowest BCUT2D eigenvalue weighted by atomic mass is 10.0. The summed E-state index contributed by atoms with van der Waals surface area (Å²) >= 11 is 0. The SMILES string of the molecule is C[C@H](N)c1nc2ccn(C)c2cc1-c1cc[nH]c(=O)c1. The molecule has 20 heavy (non-hydrogen) atoms. The highest BCUT2D eigenvalue weighted by Crippen LogP contribution is 2.28. The zero-order valence-corrected chi connectivity index (χ0v) is 11.4. The van der Waals surface area contributed by atoms with E-state index in [4.69, 9.17) is 5.73 Å². The molecule has 102 valence electrons. The summed E-state index contributed by atoms with van der Waals surface area (Å²) in [6.07, 6.45) is 3.60. The average molecular weight is 268 g/mol. The second-order valence-electron chi connectivity index (χ2n) is 4.98.